The highest BCUT2D eigenvalue weighted by atomic mass is 35.5. The lowest BCUT2D eigenvalue weighted by Gasteiger charge is -2.23. The number of hydrogen-bond donors (Lipinski definition) is 0. The van der Waals surface area contributed by atoms with E-state index in [1.54, 1.807) is 0 Å². The number of ketones is 1. The van der Waals surface area contributed by atoms with E-state index in [1.807, 2.05) is 61.1 Å². The molecule has 146 valence electrons. The second-order valence-electron chi connectivity index (χ2n) is 7.53. The molecule has 0 amide bonds. The molecule has 1 saturated heterocycles. The van der Waals surface area contributed by atoms with Crippen molar-refractivity contribution < 1.29 is 9.53 Å². The molecule has 28 heavy (non-hydrogen) atoms. The van der Waals surface area contributed by atoms with Gasteiger partial charge in [-0.2, -0.15) is 5.10 Å². The molecule has 0 radical (unpaired) electrons. The first-order chi connectivity index (χ1) is 13.6. The molecule has 0 bridgehead atoms. The molecule has 0 spiro atoms. The zero-order valence-electron chi connectivity index (χ0n) is 16.3. The van der Waals surface area contributed by atoms with E-state index in [9.17, 15) is 4.79 Å². The van der Waals surface area contributed by atoms with Crippen LogP contribution in [0.25, 0.3) is 10.9 Å². The van der Waals surface area contributed by atoms with E-state index in [0.717, 1.165) is 47.9 Å². The van der Waals surface area contributed by atoms with E-state index in [0.29, 0.717) is 17.0 Å². The van der Waals surface area contributed by atoms with Gasteiger partial charge in [-0.15, -0.1) is 0 Å². The summed E-state index contributed by atoms with van der Waals surface area (Å²) in [6.07, 6.45) is 5.74. The van der Waals surface area contributed by atoms with Gasteiger partial charge in [-0.1, -0.05) is 30.7 Å². The maximum atomic E-state index is 13.3. The first-order valence-corrected chi connectivity index (χ1v) is 10.4. The highest BCUT2D eigenvalue weighted by Crippen LogP contribution is 2.32. The predicted octanol–water partition coefficient (Wildman–Crippen LogP) is 6.07. The van der Waals surface area contributed by atoms with Crippen LogP contribution in [0, 0.1) is 6.92 Å². The van der Waals surface area contributed by atoms with Crippen molar-refractivity contribution in [1.82, 2.24) is 9.78 Å². The van der Waals surface area contributed by atoms with Crippen molar-refractivity contribution in [2.24, 2.45) is 0 Å². The molecule has 4 rings (SSSR count). The highest BCUT2D eigenvalue weighted by Gasteiger charge is 2.24. The molecule has 2 heterocycles. The van der Waals surface area contributed by atoms with E-state index < -0.39 is 0 Å². The molecule has 2 aromatic carbocycles. The van der Waals surface area contributed by atoms with Gasteiger partial charge in [0.2, 0.25) is 0 Å². The fourth-order valence-corrected chi connectivity index (χ4v) is 4.38. The smallest absolute Gasteiger partial charge is 0.170 e. The summed E-state index contributed by atoms with van der Waals surface area (Å²) in [5, 5.41) is 6.14. The van der Waals surface area contributed by atoms with Gasteiger partial charge in [-0.25, -0.2) is 4.68 Å². The summed E-state index contributed by atoms with van der Waals surface area (Å²) in [4.78, 5) is 13.3. The monoisotopic (exact) mass is 396 g/mol. The van der Waals surface area contributed by atoms with Gasteiger partial charge in [-0.05, 0) is 68.0 Å². The number of hydrogen-bond acceptors (Lipinski definition) is 3. The molecule has 4 nitrogen and oxygen atoms in total. The van der Waals surface area contributed by atoms with Gasteiger partial charge in [0.15, 0.2) is 12.0 Å². The van der Waals surface area contributed by atoms with Crippen LogP contribution in [0.2, 0.25) is 5.02 Å². The first kappa shape index (κ1) is 19.2. The van der Waals surface area contributed by atoms with E-state index in [2.05, 4.69) is 5.10 Å². The molecule has 0 aliphatic carbocycles. The lowest BCUT2D eigenvalue weighted by atomic mass is 9.88. The third kappa shape index (κ3) is 3.59. The third-order valence-corrected chi connectivity index (χ3v) is 5.89. The predicted molar refractivity (Wildman–Crippen MR) is 112 cm³/mol. The van der Waals surface area contributed by atoms with Gasteiger partial charge in [0.25, 0.3) is 0 Å². The summed E-state index contributed by atoms with van der Waals surface area (Å²) < 4.78 is 7.80. The third-order valence-electron chi connectivity index (χ3n) is 5.56. The van der Waals surface area contributed by atoms with Crippen LogP contribution >= 0.6 is 11.6 Å². The molecular weight excluding hydrogens is 372 g/mol. The highest BCUT2D eigenvalue weighted by molar-refractivity contribution is 6.31. The minimum absolute atomic E-state index is 0.0115. The number of carbonyl (C=O) groups excluding carboxylic acids is 1. The lowest BCUT2D eigenvalue weighted by Crippen LogP contribution is -2.19. The van der Waals surface area contributed by atoms with Crippen LogP contribution in [-0.2, 0) is 4.74 Å². The van der Waals surface area contributed by atoms with Crippen LogP contribution in [0.4, 0.5) is 0 Å². The lowest BCUT2D eigenvalue weighted by molar-refractivity contribution is -0.0366. The Bertz CT molecular complexity index is 1010. The summed E-state index contributed by atoms with van der Waals surface area (Å²) in [5.74, 6) is -0.154. The van der Waals surface area contributed by atoms with Crippen LogP contribution in [0.15, 0.2) is 42.6 Å². The molecule has 1 fully saturated rings. The Balaban J connectivity index is 1.65. The zero-order valence-corrected chi connectivity index (χ0v) is 17.1. The Morgan fingerprint density at radius 3 is 2.86 bits per heavy atom. The maximum absolute atomic E-state index is 13.3. The van der Waals surface area contributed by atoms with Crippen LogP contribution in [0.1, 0.15) is 66.2 Å². The topological polar surface area (TPSA) is 44.1 Å². The fourth-order valence-electron chi connectivity index (χ4n) is 4.02. The van der Waals surface area contributed by atoms with Crippen LogP contribution in [0.5, 0.6) is 0 Å². The zero-order chi connectivity index (χ0) is 19.7. The number of carbonyl (C=O) groups is 1. The summed E-state index contributed by atoms with van der Waals surface area (Å²) in [6, 6.07) is 11.7. The number of aromatic nitrogens is 2. The van der Waals surface area contributed by atoms with E-state index >= 15 is 0 Å². The van der Waals surface area contributed by atoms with Crippen molar-refractivity contribution in [2.45, 2.75) is 51.7 Å². The standard InChI is InChI=1S/C23H25ClN2O2/c1-3-18(19-9-7-15(2)12-20(19)24)23(27)16-8-10-21-17(13-16)14-25-26(21)22-6-4-5-11-28-22/h7-10,12-14,18,22H,3-6,11H2,1-2H3. The largest absolute Gasteiger partial charge is 0.356 e. The molecule has 1 aromatic heterocycles. The Kier molecular flexibility index (Phi) is 5.51. The number of halogens is 1. The average molecular weight is 397 g/mol. The summed E-state index contributed by atoms with van der Waals surface area (Å²) in [5.41, 5.74) is 3.69. The number of ether oxygens (including phenoxy) is 1. The number of benzene rings is 2. The van der Waals surface area contributed by atoms with E-state index in [1.165, 1.54) is 0 Å². The van der Waals surface area contributed by atoms with Gasteiger partial charge >= 0.3 is 0 Å². The number of nitrogens with zero attached hydrogens (tertiary/aromatic N) is 2. The van der Waals surface area contributed by atoms with Crippen LogP contribution < -0.4 is 0 Å². The van der Waals surface area contributed by atoms with Crippen molar-refractivity contribution >= 4 is 28.3 Å². The van der Waals surface area contributed by atoms with Crippen molar-refractivity contribution in [1.29, 1.82) is 0 Å². The molecule has 2 unspecified atom stereocenters. The molecular formula is C23H25ClN2O2. The number of Topliss-reactive ketones (excluding diaryl/α,β-unsaturated/α-hetero) is 1. The molecule has 3 aromatic rings. The van der Waals surface area contributed by atoms with Crippen LogP contribution in [0.3, 0.4) is 0 Å². The maximum Gasteiger partial charge on any atom is 0.170 e. The Hall–Kier alpha value is -2.17. The molecule has 2 atom stereocenters. The van der Waals surface area contributed by atoms with E-state index in [4.69, 9.17) is 16.3 Å². The normalized spacial score (nSPS) is 18.3. The Morgan fingerprint density at radius 2 is 2.14 bits per heavy atom. The number of fused-ring (bicyclic) bond motifs is 1. The van der Waals surface area contributed by atoms with Crippen molar-refractivity contribution in [3.8, 4) is 0 Å². The number of aryl methyl sites for hydroxylation is 1. The SMILES string of the molecule is CCC(C(=O)c1ccc2c(cnn2C2CCCCO2)c1)c1ccc(C)cc1Cl. The number of rotatable bonds is 5. The Labute approximate surface area is 170 Å². The molecule has 5 heteroatoms. The molecule has 1 aliphatic rings. The van der Waals surface area contributed by atoms with Crippen LogP contribution in [-0.4, -0.2) is 22.2 Å². The first-order valence-electron chi connectivity index (χ1n) is 9.97. The summed E-state index contributed by atoms with van der Waals surface area (Å²) in [6.45, 7) is 4.80. The van der Waals surface area contributed by atoms with Crippen molar-refractivity contribution in [3.05, 3.63) is 64.3 Å². The van der Waals surface area contributed by atoms with Gasteiger partial charge < -0.3 is 4.74 Å². The molecule has 1 aliphatic heterocycles. The average Bonchev–Trinajstić information content (AvgIpc) is 3.14. The minimum atomic E-state index is -0.248. The minimum Gasteiger partial charge on any atom is -0.356 e. The van der Waals surface area contributed by atoms with Gasteiger partial charge in [-0.3, -0.25) is 4.79 Å². The van der Waals surface area contributed by atoms with Crippen molar-refractivity contribution in [2.75, 3.05) is 6.61 Å². The Morgan fingerprint density at radius 1 is 1.29 bits per heavy atom. The van der Waals surface area contributed by atoms with Gasteiger partial charge in [0.1, 0.15) is 0 Å². The van der Waals surface area contributed by atoms with E-state index in [-0.39, 0.29) is 17.9 Å². The summed E-state index contributed by atoms with van der Waals surface area (Å²) in [7, 11) is 0. The van der Waals surface area contributed by atoms with Gasteiger partial charge in [0, 0.05) is 28.5 Å². The second-order valence-corrected chi connectivity index (χ2v) is 7.94. The fraction of sp³-hybridized carbons (Fsp3) is 0.391. The summed E-state index contributed by atoms with van der Waals surface area (Å²) >= 11 is 6.44. The van der Waals surface area contributed by atoms with Gasteiger partial charge in [0.05, 0.1) is 11.7 Å². The molecule has 0 saturated carbocycles. The second kappa shape index (κ2) is 8.06. The van der Waals surface area contributed by atoms with Crippen molar-refractivity contribution in [3.63, 3.8) is 0 Å². The molecule has 0 N–H and O–H groups in total. The quantitative estimate of drug-likeness (QED) is 0.491.